The van der Waals surface area contributed by atoms with Gasteiger partial charge in [0.25, 0.3) is 0 Å². The molecule has 0 spiro atoms. The second kappa shape index (κ2) is 8.61. The third kappa shape index (κ3) is 6.31. The van der Waals surface area contributed by atoms with E-state index in [-0.39, 0.29) is 5.75 Å². The maximum atomic E-state index is 9.35. The van der Waals surface area contributed by atoms with Crippen LogP contribution in [0.25, 0.3) is 0 Å². The number of hydrogen-bond acceptors (Lipinski definition) is 4. The molecule has 1 atom stereocenters. The summed E-state index contributed by atoms with van der Waals surface area (Å²) in [5, 5.41) is 9.35. The zero-order valence-corrected chi connectivity index (χ0v) is 11.8. The number of nitrogen functional groups attached to an aromatic ring is 1. The molecule has 0 bridgehead atoms. The molecule has 1 unspecified atom stereocenters. The summed E-state index contributed by atoms with van der Waals surface area (Å²) >= 11 is 0. The monoisotopic (exact) mass is 269 g/mol. The molecule has 5 nitrogen and oxygen atoms in total. The van der Waals surface area contributed by atoms with Crippen molar-refractivity contribution in [3.05, 3.63) is 18.2 Å². The van der Waals surface area contributed by atoms with Gasteiger partial charge in [-0.3, -0.25) is 0 Å². The van der Waals surface area contributed by atoms with Gasteiger partial charge in [0.15, 0.2) is 0 Å². The Bertz CT molecular complexity index is 372. The molecule has 0 saturated heterocycles. The van der Waals surface area contributed by atoms with Crippen LogP contribution in [0, 0.1) is 0 Å². The van der Waals surface area contributed by atoms with Gasteiger partial charge in [0.05, 0.1) is 32.5 Å². The predicted molar refractivity (Wildman–Crippen MR) is 75.7 cm³/mol. The first-order valence-corrected chi connectivity index (χ1v) is 6.73. The van der Waals surface area contributed by atoms with Crippen LogP contribution in [0.3, 0.4) is 0 Å². The second-order valence-electron chi connectivity index (χ2n) is 4.58. The molecule has 0 aliphatic heterocycles. The minimum Gasteiger partial charge on any atom is -0.508 e. The molecule has 0 fully saturated rings. The molecule has 0 aromatic heterocycles. The largest absolute Gasteiger partial charge is 0.508 e. The highest BCUT2D eigenvalue weighted by Crippen LogP contribution is 2.25. The first-order valence-electron chi connectivity index (χ1n) is 6.73. The Morgan fingerprint density at radius 2 is 2.05 bits per heavy atom. The molecule has 4 N–H and O–H groups in total. The Hall–Kier alpha value is -1.46. The van der Waals surface area contributed by atoms with Crippen LogP contribution in [-0.4, -0.2) is 45.1 Å². The number of rotatable bonds is 9. The predicted octanol–water partition coefficient (Wildman–Crippen LogP) is 0.295. The zero-order chi connectivity index (χ0) is 14.1. The molecule has 5 heteroatoms. The Balaban J connectivity index is 2.18. The molecule has 0 heterocycles. The Morgan fingerprint density at radius 1 is 1.26 bits per heavy atom. The van der Waals surface area contributed by atoms with Gasteiger partial charge in [-0.15, -0.1) is 0 Å². The van der Waals surface area contributed by atoms with E-state index in [1.165, 1.54) is 4.90 Å². The summed E-state index contributed by atoms with van der Waals surface area (Å²) in [6, 6.07) is 4.74. The zero-order valence-electron chi connectivity index (χ0n) is 11.8. The first kappa shape index (κ1) is 15.6. The van der Waals surface area contributed by atoms with Crippen molar-refractivity contribution >= 4 is 5.69 Å². The average Bonchev–Trinajstić information content (AvgIpc) is 2.39. The molecule has 1 rings (SSSR count). The van der Waals surface area contributed by atoms with Gasteiger partial charge in [0, 0.05) is 19.1 Å². The average molecular weight is 269 g/mol. The summed E-state index contributed by atoms with van der Waals surface area (Å²) in [4.78, 5) is 1.42. The van der Waals surface area contributed by atoms with E-state index in [4.69, 9.17) is 15.2 Å². The normalized spacial score (nSPS) is 12.3. The van der Waals surface area contributed by atoms with Crippen LogP contribution < -0.4 is 15.4 Å². The molecule has 0 radical (unpaired) electrons. The molecule has 0 amide bonds. The molecule has 1 aromatic carbocycles. The fourth-order valence-electron chi connectivity index (χ4n) is 1.72. The van der Waals surface area contributed by atoms with Crippen LogP contribution in [0.2, 0.25) is 0 Å². The quantitative estimate of drug-likeness (QED) is 0.342. The van der Waals surface area contributed by atoms with Crippen molar-refractivity contribution < 1.29 is 19.5 Å². The Morgan fingerprint density at radius 3 is 2.79 bits per heavy atom. The number of hydrogen-bond donors (Lipinski definition) is 3. The van der Waals surface area contributed by atoms with Crippen molar-refractivity contribution in [1.82, 2.24) is 0 Å². The fraction of sp³-hybridized carbons (Fsp3) is 0.571. The van der Waals surface area contributed by atoms with Crippen LogP contribution in [0.1, 0.15) is 13.3 Å². The van der Waals surface area contributed by atoms with Gasteiger partial charge >= 0.3 is 0 Å². The number of benzene rings is 1. The van der Waals surface area contributed by atoms with Gasteiger partial charge in [-0.2, -0.15) is 0 Å². The summed E-state index contributed by atoms with van der Waals surface area (Å²) in [6.45, 7) is 6.19. The number of nitrogens with one attached hydrogen (secondary N) is 1. The third-order valence-electron chi connectivity index (χ3n) is 2.88. The van der Waals surface area contributed by atoms with Crippen molar-refractivity contribution in [3.8, 4) is 11.5 Å². The summed E-state index contributed by atoms with van der Waals surface area (Å²) in [5.74, 6) is 0.718. The highest BCUT2D eigenvalue weighted by molar-refractivity contribution is 5.55. The van der Waals surface area contributed by atoms with Crippen LogP contribution >= 0.6 is 0 Å². The number of aromatic hydroxyl groups is 1. The van der Waals surface area contributed by atoms with Crippen molar-refractivity contribution in [2.24, 2.45) is 0 Å². The number of nitrogens with two attached hydrogens (primary N) is 1. The molecule has 19 heavy (non-hydrogen) atoms. The standard InChI is InChI=1S/C14H24N2O3/c1-3-18-10-8-16(2)7-4-9-19-14-11-12(17)5-6-13(14)15/h5-6,11,17H,3-4,7-10,15H2,1-2H3/p+1. The maximum absolute atomic E-state index is 9.35. The van der Waals surface area contributed by atoms with E-state index in [1.807, 2.05) is 6.92 Å². The molecule has 0 aliphatic carbocycles. The summed E-state index contributed by atoms with van der Waals surface area (Å²) in [5.41, 5.74) is 6.31. The number of phenols is 1. The van der Waals surface area contributed by atoms with Crippen molar-refractivity contribution in [1.29, 1.82) is 0 Å². The number of quaternary nitrogens is 1. The third-order valence-corrected chi connectivity index (χ3v) is 2.88. The highest BCUT2D eigenvalue weighted by Gasteiger charge is 2.04. The van der Waals surface area contributed by atoms with E-state index in [2.05, 4.69) is 7.05 Å². The first-order chi connectivity index (χ1) is 9.13. The molecule has 0 saturated carbocycles. The van der Waals surface area contributed by atoms with Gasteiger partial charge in [-0.25, -0.2) is 0 Å². The van der Waals surface area contributed by atoms with Gasteiger partial charge in [0.2, 0.25) is 0 Å². The lowest BCUT2D eigenvalue weighted by molar-refractivity contribution is -0.880. The van der Waals surface area contributed by atoms with E-state index in [0.717, 1.165) is 32.7 Å². The maximum Gasteiger partial charge on any atom is 0.145 e. The SMILES string of the molecule is CCOCC[NH+](C)CCCOc1cc(O)ccc1N. The molecular formula is C14H25N2O3+. The van der Waals surface area contributed by atoms with E-state index in [1.54, 1.807) is 18.2 Å². The number of anilines is 1. The van der Waals surface area contributed by atoms with Gasteiger partial charge in [0.1, 0.15) is 18.0 Å². The molecule has 0 aliphatic rings. The van der Waals surface area contributed by atoms with Crippen LogP contribution in [0.4, 0.5) is 5.69 Å². The lowest BCUT2D eigenvalue weighted by Gasteiger charge is -2.14. The summed E-state index contributed by atoms with van der Waals surface area (Å²) in [7, 11) is 2.14. The molecular weight excluding hydrogens is 244 g/mol. The molecule has 108 valence electrons. The summed E-state index contributed by atoms with van der Waals surface area (Å²) in [6.07, 6.45) is 0.938. The van der Waals surface area contributed by atoms with Crippen molar-refractivity contribution in [2.75, 3.05) is 45.7 Å². The highest BCUT2D eigenvalue weighted by atomic mass is 16.5. The van der Waals surface area contributed by atoms with Crippen LogP contribution in [-0.2, 0) is 4.74 Å². The van der Waals surface area contributed by atoms with Crippen molar-refractivity contribution in [3.63, 3.8) is 0 Å². The number of likely N-dealkylation sites (N-methyl/N-ethyl adjacent to an activating group) is 1. The minimum absolute atomic E-state index is 0.170. The fourth-order valence-corrected chi connectivity index (χ4v) is 1.72. The number of phenolic OH excluding ortho intramolecular Hbond substituents is 1. The Kier molecular flexibility index (Phi) is 7.07. The summed E-state index contributed by atoms with van der Waals surface area (Å²) < 4.78 is 10.9. The van der Waals surface area contributed by atoms with E-state index >= 15 is 0 Å². The van der Waals surface area contributed by atoms with Crippen LogP contribution in [0.5, 0.6) is 11.5 Å². The van der Waals surface area contributed by atoms with E-state index < -0.39 is 0 Å². The number of ether oxygens (including phenoxy) is 2. The van der Waals surface area contributed by atoms with Gasteiger partial charge in [-0.1, -0.05) is 0 Å². The Labute approximate surface area is 114 Å². The van der Waals surface area contributed by atoms with E-state index in [9.17, 15) is 5.11 Å². The second-order valence-corrected chi connectivity index (χ2v) is 4.58. The van der Waals surface area contributed by atoms with Gasteiger partial charge in [-0.05, 0) is 19.1 Å². The lowest BCUT2D eigenvalue weighted by atomic mass is 10.3. The van der Waals surface area contributed by atoms with Crippen molar-refractivity contribution in [2.45, 2.75) is 13.3 Å². The topological polar surface area (TPSA) is 69.2 Å². The van der Waals surface area contributed by atoms with E-state index in [0.29, 0.717) is 18.0 Å². The molecule has 1 aromatic rings. The van der Waals surface area contributed by atoms with Crippen LogP contribution in [0.15, 0.2) is 18.2 Å². The minimum atomic E-state index is 0.170. The smallest absolute Gasteiger partial charge is 0.145 e. The lowest BCUT2D eigenvalue weighted by Crippen LogP contribution is -3.09. The van der Waals surface area contributed by atoms with Gasteiger partial charge < -0.3 is 25.2 Å².